The zero-order valence-corrected chi connectivity index (χ0v) is 11.1. The average Bonchev–Trinajstić information content (AvgIpc) is 2.35. The lowest BCUT2D eigenvalue weighted by Gasteiger charge is -2.05. The van der Waals surface area contributed by atoms with Gasteiger partial charge in [0.05, 0.1) is 6.42 Å². The minimum Gasteiger partial charge on any atom is -0.484 e. The lowest BCUT2D eigenvalue weighted by molar-refractivity contribution is -0.123. The van der Waals surface area contributed by atoms with Gasteiger partial charge in [-0.25, -0.2) is 5.43 Å². The molecule has 0 bridgehead atoms. The molecule has 0 aliphatic heterocycles. The largest absolute Gasteiger partial charge is 0.484 e. The van der Waals surface area contributed by atoms with Crippen molar-refractivity contribution >= 4 is 29.1 Å². The molecule has 0 heterocycles. The molecule has 3 N–H and O–H groups in total. The Morgan fingerprint density at radius 3 is 2.58 bits per heavy atom. The number of benzene rings is 1. The third-order valence-corrected chi connectivity index (χ3v) is 2.24. The van der Waals surface area contributed by atoms with Gasteiger partial charge in [0.2, 0.25) is 5.91 Å². The van der Waals surface area contributed by atoms with E-state index in [2.05, 4.69) is 10.5 Å². The summed E-state index contributed by atoms with van der Waals surface area (Å²) in [6.07, 6.45) is -0.00167. The van der Waals surface area contributed by atoms with E-state index in [1.807, 2.05) is 0 Å². The molecule has 0 spiro atoms. The highest BCUT2D eigenvalue weighted by atomic mass is 35.5. The summed E-state index contributed by atoms with van der Waals surface area (Å²) in [5.74, 6) is -0.413. The number of rotatable bonds is 6. The van der Waals surface area contributed by atoms with Crippen LogP contribution in [0.25, 0.3) is 0 Å². The van der Waals surface area contributed by atoms with Crippen LogP contribution in [0.2, 0.25) is 5.02 Å². The summed E-state index contributed by atoms with van der Waals surface area (Å²) in [6.45, 7) is 1.40. The third-order valence-electron chi connectivity index (χ3n) is 1.99. The maximum atomic E-state index is 11.4. The molecule has 0 saturated heterocycles. The maximum absolute atomic E-state index is 11.4. The first-order valence-electron chi connectivity index (χ1n) is 5.46. The first kappa shape index (κ1) is 15.0. The summed E-state index contributed by atoms with van der Waals surface area (Å²) in [5, 5.41) is 4.29. The van der Waals surface area contributed by atoms with Crippen molar-refractivity contribution < 1.29 is 14.3 Å². The van der Waals surface area contributed by atoms with Gasteiger partial charge >= 0.3 is 0 Å². The number of carbonyl (C=O) groups excluding carboxylic acids is 2. The zero-order chi connectivity index (χ0) is 14.3. The van der Waals surface area contributed by atoms with Crippen LogP contribution in [0.15, 0.2) is 29.4 Å². The van der Waals surface area contributed by atoms with Crippen LogP contribution in [0.5, 0.6) is 5.75 Å². The molecular weight excluding hydrogens is 270 g/mol. The number of hydrazone groups is 1. The Balaban J connectivity index is 2.35. The smallest absolute Gasteiger partial charge is 0.277 e. The minimum atomic E-state index is -0.507. The van der Waals surface area contributed by atoms with Crippen molar-refractivity contribution in [1.82, 2.24) is 5.43 Å². The van der Waals surface area contributed by atoms with Gasteiger partial charge in [-0.1, -0.05) is 11.6 Å². The normalized spacial score (nSPS) is 10.9. The number of halogens is 1. The third kappa shape index (κ3) is 6.42. The van der Waals surface area contributed by atoms with Gasteiger partial charge in [-0.15, -0.1) is 0 Å². The predicted molar refractivity (Wildman–Crippen MR) is 72.0 cm³/mol. The lowest BCUT2D eigenvalue weighted by Crippen LogP contribution is -2.26. The monoisotopic (exact) mass is 283 g/mol. The maximum Gasteiger partial charge on any atom is 0.277 e. The Hall–Kier alpha value is -2.08. The van der Waals surface area contributed by atoms with E-state index in [9.17, 15) is 9.59 Å². The quantitative estimate of drug-likeness (QED) is 0.604. The van der Waals surface area contributed by atoms with Crippen molar-refractivity contribution in [3.8, 4) is 5.75 Å². The lowest BCUT2D eigenvalue weighted by atomic mass is 10.3. The van der Waals surface area contributed by atoms with Gasteiger partial charge in [-0.3, -0.25) is 9.59 Å². The van der Waals surface area contributed by atoms with E-state index < -0.39 is 11.8 Å². The molecule has 1 rings (SSSR count). The number of nitrogens with one attached hydrogen (secondary N) is 1. The molecule has 0 radical (unpaired) electrons. The molecule has 19 heavy (non-hydrogen) atoms. The number of hydrogen-bond acceptors (Lipinski definition) is 4. The number of nitrogens with two attached hydrogens (primary N) is 1. The predicted octanol–water partition coefficient (Wildman–Crippen LogP) is 1.09. The fourth-order valence-electron chi connectivity index (χ4n) is 1.16. The van der Waals surface area contributed by atoms with Gasteiger partial charge in [-0.2, -0.15) is 5.10 Å². The SMILES string of the molecule is C/C(CC(N)=O)=N\NC(=O)COc1ccc(Cl)cc1. The van der Waals surface area contributed by atoms with Gasteiger partial charge in [0.1, 0.15) is 5.75 Å². The van der Waals surface area contributed by atoms with E-state index in [-0.39, 0.29) is 13.0 Å². The molecule has 7 heteroatoms. The molecule has 0 aromatic heterocycles. The number of primary amides is 1. The summed E-state index contributed by atoms with van der Waals surface area (Å²) in [4.78, 5) is 22.0. The average molecular weight is 284 g/mol. The summed E-state index contributed by atoms with van der Waals surface area (Å²) in [7, 11) is 0. The Bertz CT molecular complexity index is 485. The van der Waals surface area contributed by atoms with Crippen LogP contribution in [0.4, 0.5) is 0 Å². The van der Waals surface area contributed by atoms with Gasteiger partial charge in [0, 0.05) is 10.7 Å². The second-order valence-corrected chi connectivity index (χ2v) is 4.20. The molecule has 6 nitrogen and oxygen atoms in total. The van der Waals surface area contributed by atoms with Crippen LogP contribution in [0.1, 0.15) is 13.3 Å². The van der Waals surface area contributed by atoms with E-state index in [0.29, 0.717) is 16.5 Å². The van der Waals surface area contributed by atoms with Crippen LogP contribution in [0, 0.1) is 0 Å². The van der Waals surface area contributed by atoms with E-state index in [4.69, 9.17) is 22.1 Å². The topological polar surface area (TPSA) is 93.8 Å². The number of hydrogen-bond donors (Lipinski definition) is 2. The summed E-state index contributed by atoms with van der Waals surface area (Å²) in [6, 6.07) is 6.61. The van der Waals surface area contributed by atoms with Gasteiger partial charge in [0.25, 0.3) is 5.91 Å². The second-order valence-electron chi connectivity index (χ2n) is 3.77. The van der Waals surface area contributed by atoms with Gasteiger partial charge in [-0.05, 0) is 31.2 Å². The summed E-state index contributed by atoms with van der Waals surface area (Å²) < 4.78 is 5.20. The van der Waals surface area contributed by atoms with Crippen molar-refractivity contribution in [3.63, 3.8) is 0 Å². The molecule has 0 aliphatic carbocycles. The molecule has 0 unspecified atom stereocenters. The number of carbonyl (C=O) groups is 2. The highest BCUT2D eigenvalue weighted by Crippen LogP contribution is 2.15. The highest BCUT2D eigenvalue weighted by Gasteiger charge is 2.03. The molecule has 102 valence electrons. The van der Waals surface area contributed by atoms with Gasteiger partial charge in [0.15, 0.2) is 6.61 Å². The van der Waals surface area contributed by atoms with Crippen molar-refractivity contribution in [2.24, 2.45) is 10.8 Å². The zero-order valence-electron chi connectivity index (χ0n) is 10.4. The van der Waals surface area contributed by atoms with Crippen molar-refractivity contribution in [1.29, 1.82) is 0 Å². The van der Waals surface area contributed by atoms with E-state index in [1.54, 1.807) is 31.2 Å². The molecule has 1 aromatic carbocycles. The van der Waals surface area contributed by atoms with Crippen LogP contribution < -0.4 is 15.9 Å². The molecule has 2 amide bonds. The Kier molecular flexibility index (Phi) is 5.81. The van der Waals surface area contributed by atoms with Crippen LogP contribution in [-0.2, 0) is 9.59 Å². The molecule has 0 saturated carbocycles. The highest BCUT2D eigenvalue weighted by molar-refractivity contribution is 6.30. The summed E-state index contributed by atoms with van der Waals surface area (Å²) in [5.41, 5.74) is 7.66. The number of nitrogens with zero attached hydrogens (tertiary/aromatic N) is 1. The number of ether oxygens (including phenoxy) is 1. The molecular formula is C12H14ClN3O3. The Labute approximate surface area is 115 Å². The Morgan fingerprint density at radius 2 is 2.00 bits per heavy atom. The fourth-order valence-corrected chi connectivity index (χ4v) is 1.29. The molecule has 0 fully saturated rings. The Morgan fingerprint density at radius 1 is 1.37 bits per heavy atom. The molecule has 0 aliphatic rings. The van der Waals surface area contributed by atoms with Crippen LogP contribution in [-0.4, -0.2) is 24.1 Å². The fraction of sp³-hybridized carbons (Fsp3) is 0.250. The van der Waals surface area contributed by atoms with Crippen molar-refractivity contribution in [2.45, 2.75) is 13.3 Å². The van der Waals surface area contributed by atoms with Crippen LogP contribution in [0.3, 0.4) is 0 Å². The first-order chi connectivity index (χ1) is 8.97. The molecule has 0 atom stereocenters. The van der Waals surface area contributed by atoms with E-state index in [0.717, 1.165) is 0 Å². The van der Waals surface area contributed by atoms with E-state index in [1.165, 1.54) is 0 Å². The standard InChI is InChI=1S/C12H14ClN3O3/c1-8(6-11(14)17)15-16-12(18)7-19-10-4-2-9(13)3-5-10/h2-5H,6-7H2,1H3,(H2,14,17)(H,16,18)/b15-8+. The molecule has 1 aromatic rings. The van der Waals surface area contributed by atoms with Gasteiger partial charge < -0.3 is 10.5 Å². The number of amides is 2. The van der Waals surface area contributed by atoms with Crippen molar-refractivity contribution in [2.75, 3.05) is 6.61 Å². The van der Waals surface area contributed by atoms with E-state index >= 15 is 0 Å². The second kappa shape index (κ2) is 7.38. The first-order valence-corrected chi connectivity index (χ1v) is 5.84. The van der Waals surface area contributed by atoms with Crippen LogP contribution >= 0.6 is 11.6 Å². The summed E-state index contributed by atoms with van der Waals surface area (Å²) >= 11 is 5.71. The van der Waals surface area contributed by atoms with Crippen molar-refractivity contribution in [3.05, 3.63) is 29.3 Å². The minimum absolute atomic E-state index is 0.00167.